The van der Waals surface area contributed by atoms with Crippen molar-refractivity contribution < 1.29 is 4.39 Å². The molecule has 2 aromatic heterocycles. The van der Waals surface area contributed by atoms with Crippen LogP contribution in [0.3, 0.4) is 0 Å². The number of halogens is 1. The van der Waals surface area contributed by atoms with Crippen LogP contribution in [0.1, 0.15) is 30.1 Å². The number of piperidine rings is 1. The average molecular weight is 375 g/mol. The average Bonchev–Trinajstić information content (AvgIpc) is 3.38. The minimum Gasteiger partial charge on any atom is -0.342 e. The zero-order valence-electron chi connectivity index (χ0n) is 15.6. The van der Waals surface area contributed by atoms with Crippen molar-refractivity contribution >= 4 is 11.0 Å². The second-order valence-corrected chi connectivity index (χ2v) is 7.44. The first-order valence-corrected chi connectivity index (χ1v) is 9.72. The molecule has 1 aliphatic heterocycles. The summed E-state index contributed by atoms with van der Waals surface area (Å²) in [4.78, 5) is 10.7. The van der Waals surface area contributed by atoms with Crippen LogP contribution in [0.15, 0.2) is 60.9 Å². The zero-order valence-corrected chi connectivity index (χ0v) is 15.6. The van der Waals surface area contributed by atoms with Crippen molar-refractivity contribution in [1.82, 2.24) is 24.6 Å². The molecule has 3 heterocycles. The summed E-state index contributed by atoms with van der Waals surface area (Å²) in [5.74, 6) is 1.21. The summed E-state index contributed by atoms with van der Waals surface area (Å²) >= 11 is 0. The molecule has 1 unspecified atom stereocenters. The van der Waals surface area contributed by atoms with Crippen LogP contribution in [0, 0.1) is 5.82 Å². The number of nitrogens with one attached hydrogen (secondary N) is 1. The number of aromatic nitrogens is 4. The zero-order chi connectivity index (χ0) is 18.9. The van der Waals surface area contributed by atoms with Gasteiger partial charge in [0, 0.05) is 31.4 Å². The molecule has 5 nitrogen and oxygen atoms in total. The largest absolute Gasteiger partial charge is 0.342 e. The smallest absolute Gasteiger partial charge is 0.123 e. The summed E-state index contributed by atoms with van der Waals surface area (Å²) in [6.07, 6.45) is 5.86. The van der Waals surface area contributed by atoms with Crippen LogP contribution in [-0.4, -0.2) is 37.7 Å². The molecule has 6 heteroatoms. The van der Waals surface area contributed by atoms with Crippen LogP contribution in [0.5, 0.6) is 0 Å². The number of nitrogens with zero attached hydrogens (tertiary/aromatic N) is 4. The lowest BCUT2D eigenvalue weighted by Gasteiger charge is -2.32. The van der Waals surface area contributed by atoms with Gasteiger partial charge in [-0.15, -0.1) is 0 Å². The van der Waals surface area contributed by atoms with Crippen molar-refractivity contribution in [1.29, 1.82) is 0 Å². The van der Waals surface area contributed by atoms with Gasteiger partial charge in [-0.1, -0.05) is 12.1 Å². The van der Waals surface area contributed by atoms with E-state index < -0.39 is 0 Å². The Bertz CT molecular complexity index is 1050. The number of hydrogen-bond acceptors (Lipinski definition) is 3. The van der Waals surface area contributed by atoms with E-state index in [1.165, 1.54) is 6.07 Å². The number of likely N-dealkylation sites (tertiary alicyclic amines) is 1. The lowest BCUT2D eigenvalue weighted by atomic mass is 9.96. The molecule has 28 heavy (non-hydrogen) atoms. The molecule has 0 radical (unpaired) electrons. The van der Waals surface area contributed by atoms with Crippen molar-refractivity contribution in [2.24, 2.45) is 0 Å². The minimum absolute atomic E-state index is 0.211. The highest BCUT2D eigenvalue weighted by atomic mass is 19.1. The maximum atomic E-state index is 13.9. The highest BCUT2D eigenvalue weighted by Gasteiger charge is 2.24. The molecule has 1 fully saturated rings. The van der Waals surface area contributed by atoms with E-state index >= 15 is 0 Å². The van der Waals surface area contributed by atoms with Gasteiger partial charge < -0.3 is 4.98 Å². The van der Waals surface area contributed by atoms with E-state index in [9.17, 15) is 4.39 Å². The number of hydrogen-bond donors (Lipinski definition) is 1. The summed E-state index contributed by atoms with van der Waals surface area (Å²) in [5, 5.41) is 4.32. The minimum atomic E-state index is -0.211. The second-order valence-electron chi connectivity index (χ2n) is 7.44. The Balaban J connectivity index is 1.38. The third-order valence-electron chi connectivity index (χ3n) is 5.49. The molecular formula is C22H22FN5. The van der Waals surface area contributed by atoms with Gasteiger partial charge in [-0.25, -0.2) is 14.1 Å². The number of aromatic amines is 1. The fourth-order valence-electron chi connectivity index (χ4n) is 4.14. The number of benzene rings is 2. The Hall–Kier alpha value is -2.99. The van der Waals surface area contributed by atoms with Crippen LogP contribution in [0.25, 0.3) is 16.7 Å². The van der Waals surface area contributed by atoms with Gasteiger partial charge in [0.1, 0.15) is 11.6 Å². The van der Waals surface area contributed by atoms with E-state index in [1.807, 2.05) is 30.5 Å². The van der Waals surface area contributed by atoms with Gasteiger partial charge in [0.15, 0.2) is 0 Å². The van der Waals surface area contributed by atoms with Crippen molar-refractivity contribution in [2.75, 3.05) is 13.1 Å². The molecule has 4 aromatic rings. The number of imidazole rings is 1. The van der Waals surface area contributed by atoms with Gasteiger partial charge in [-0.2, -0.15) is 5.10 Å². The van der Waals surface area contributed by atoms with Crippen LogP contribution in [0.4, 0.5) is 4.39 Å². The predicted molar refractivity (Wildman–Crippen MR) is 107 cm³/mol. The maximum Gasteiger partial charge on any atom is 0.123 e. The van der Waals surface area contributed by atoms with Gasteiger partial charge in [0.25, 0.3) is 0 Å². The van der Waals surface area contributed by atoms with Crippen molar-refractivity contribution in [3.8, 4) is 5.69 Å². The fraction of sp³-hybridized carbons (Fsp3) is 0.273. The van der Waals surface area contributed by atoms with Crippen molar-refractivity contribution in [2.45, 2.75) is 25.3 Å². The van der Waals surface area contributed by atoms with Crippen molar-refractivity contribution in [3.05, 3.63) is 78.1 Å². The predicted octanol–water partition coefficient (Wildman–Crippen LogP) is 4.27. The van der Waals surface area contributed by atoms with Gasteiger partial charge >= 0.3 is 0 Å². The summed E-state index contributed by atoms with van der Waals surface area (Å²) < 4.78 is 15.7. The van der Waals surface area contributed by atoms with E-state index in [0.717, 1.165) is 54.0 Å². The quantitative estimate of drug-likeness (QED) is 0.580. The Morgan fingerprint density at radius 3 is 2.93 bits per heavy atom. The number of rotatable bonds is 4. The maximum absolute atomic E-state index is 13.9. The van der Waals surface area contributed by atoms with Gasteiger partial charge in [-0.05, 0) is 61.3 Å². The molecule has 1 aliphatic rings. The Morgan fingerprint density at radius 2 is 2.07 bits per heavy atom. The molecule has 1 saturated heterocycles. The first kappa shape index (κ1) is 17.1. The molecular weight excluding hydrogens is 353 g/mol. The molecule has 0 saturated carbocycles. The molecule has 1 atom stereocenters. The summed E-state index contributed by atoms with van der Waals surface area (Å²) in [6, 6.07) is 15.0. The standard InChI is InChI=1S/C22H22FN5/c23-18-8-9-21(28-12-4-10-24-28)17(13-18)15-27-11-3-5-16(14-27)22-25-19-6-1-2-7-20(19)26-22/h1-2,4,6-10,12-13,16H,3,5,11,14-15H2,(H,25,26). The molecule has 0 bridgehead atoms. The normalized spacial score (nSPS) is 18.0. The monoisotopic (exact) mass is 375 g/mol. The molecule has 0 amide bonds. The van der Waals surface area contributed by atoms with E-state index in [1.54, 1.807) is 23.0 Å². The summed E-state index contributed by atoms with van der Waals surface area (Å²) in [5.41, 5.74) is 3.98. The molecule has 142 valence electrons. The van der Waals surface area contributed by atoms with Gasteiger partial charge in [0.05, 0.1) is 16.7 Å². The summed E-state index contributed by atoms with van der Waals surface area (Å²) in [6.45, 7) is 2.62. The van der Waals surface area contributed by atoms with E-state index in [-0.39, 0.29) is 5.82 Å². The topological polar surface area (TPSA) is 49.7 Å². The van der Waals surface area contributed by atoms with Crippen LogP contribution < -0.4 is 0 Å². The highest BCUT2D eigenvalue weighted by molar-refractivity contribution is 5.74. The van der Waals surface area contributed by atoms with Crippen LogP contribution >= 0.6 is 0 Å². The third-order valence-corrected chi connectivity index (χ3v) is 5.49. The summed E-state index contributed by atoms with van der Waals surface area (Å²) in [7, 11) is 0. The molecule has 5 rings (SSSR count). The second kappa shape index (κ2) is 7.20. The van der Waals surface area contributed by atoms with Gasteiger partial charge in [0.2, 0.25) is 0 Å². The molecule has 0 spiro atoms. The van der Waals surface area contributed by atoms with Crippen molar-refractivity contribution in [3.63, 3.8) is 0 Å². The molecule has 2 aromatic carbocycles. The Labute approximate surface area is 162 Å². The molecule has 1 N–H and O–H groups in total. The lowest BCUT2D eigenvalue weighted by Crippen LogP contribution is -2.34. The van der Waals surface area contributed by atoms with Crippen LogP contribution in [-0.2, 0) is 6.54 Å². The lowest BCUT2D eigenvalue weighted by molar-refractivity contribution is 0.197. The Kier molecular flexibility index (Phi) is 4.41. The van der Waals surface area contributed by atoms with Gasteiger partial charge in [-0.3, -0.25) is 4.90 Å². The Morgan fingerprint density at radius 1 is 1.14 bits per heavy atom. The SMILES string of the molecule is Fc1ccc(-n2cccn2)c(CN2CCCC(c3nc4ccccc4[nH]3)C2)c1. The highest BCUT2D eigenvalue weighted by Crippen LogP contribution is 2.28. The van der Waals surface area contributed by atoms with E-state index in [2.05, 4.69) is 21.0 Å². The number of para-hydroxylation sites is 2. The van der Waals surface area contributed by atoms with Crippen LogP contribution in [0.2, 0.25) is 0 Å². The number of H-pyrrole nitrogens is 1. The van der Waals surface area contributed by atoms with E-state index in [4.69, 9.17) is 4.98 Å². The van der Waals surface area contributed by atoms with E-state index in [0.29, 0.717) is 12.5 Å². The third kappa shape index (κ3) is 3.31. The fourth-order valence-corrected chi connectivity index (χ4v) is 4.14. The first-order chi connectivity index (χ1) is 13.8. The molecule has 0 aliphatic carbocycles. The first-order valence-electron chi connectivity index (χ1n) is 9.72. The number of fused-ring (bicyclic) bond motifs is 1.